The lowest BCUT2D eigenvalue weighted by Gasteiger charge is -2.26. The molecule has 1 saturated heterocycles. The van der Waals surface area contributed by atoms with Crippen molar-refractivity contribution in [1.29, 1.82) is 0 Å². The van der Waals surface area contributed by atoms with Crippen molar-refractivity contribution < 1.29 is 13.9 Å². The topological polar surface area (TPSA) is 71.3 Å². The van der Waals surface area contributed by atoms with E-state index in [1.54, 1.807) is 6.26 Å². The number of morpholine rings is 1. The van der Waals surface area contributed by atoms with Crippen LogP contribution in [-0.2, 0) is 16.1 Å². The van der Waals surface area contributed by atoms with E-state index in [1.165, 1.54) is 0 Å². The highest BCUT2D eigenvalue weighted by molar-refractivity contribution is 5.79. The van der Waals surface area contributed by atoms with Crippen LogP contribution in [0.25, 0.3) is 0 Å². The highest BCUT2D eigenvalue weighted by atomic mass is 16.5. The number of hydrogen-bond acceptors (Lipinski definition) is 5. The van der Waals surface area contributed by atoms with Gasteiger partial charge in [0.1, 0.15) is 12.4 Å². The Morgan fingerprint density at radius 1 is 1.33 bits per heavy atom. The number of furan rings is 1. The predicted octanol–water partition coefficient (Wildman–Crippen LogP) is 1.07. The quantitative estimate of drug-likeness (QED) is 0.378. The van der Waals surface area contributed by atoms with E-state index >= 15 is 0 Å². The molecule has 0 spiro atoms. The summed E-state index contributed by atoms with van der Waals surface area (Å²) in [5.74, 6) is 1.73. The fraction of sp³-hybridized carbons (Fsp3) is 0.706. The number of nitrogens with one attached hydrogen (secondary N) is 2. The summed E-state index contributed by atoms with van der Waals surface area (Å²) < 4.78 is 16.1. The molecule has 1 aliphatic heterocycles. The van der Waals surface area contributed by atoms with Gasteiger partial charge in [-0.2, -0.15) is 0 Å². The second-order valence-electron chi connectivity index (χ2n) is 5.63. The minimum atomic E-state index is 0.522. The lowest BCUT2D eigenvalue weighted by molar-refractivity contribution is 0.0389. The van der Waals surface area contributed by atoms with Crippen LogP contribution in [0.1, 0.15) is 19.1 Å². The van der Waals surface area contributed by atoms with Crippen LogP contribution >= 0.6 is 0 Å². The lowest BCUT2D eigenvalue weighted by atomic mass is 10.4. The molecule has 0 unspecified atom stereocenters. The monoisotopic (exact) mass is 338 g/mol. The van der Waals surface area contributed by atoms with Gasteiger partial charge in [0.2, 0.25) is 0 Å². The molecule has 0 bridgehead atoms. The zero-order chi connectivity index (χ0) is 16.9. The van der Waals surface area contributed by atoms with Crippen molar-refractivity contribution in [2.75, 3.05) is 59.1 Å². The first-order valence-electron chi connectivity index (χ1n) is 8.81. The van der Waals surface area contributed by atoms with Gasteiger partial charge in [0.25, 0.3) is 0 Å². The second-order valence-corrected chi connectivity index (χ2v) is 5.63. The Morgan fingerprint density at radius 3 is 2.96 bits per heavy atom. The van der Waals surface area contributed by atoms with E-state index in [9.17, 15) is 0 Å². The van der Waals surface area contributed by atoms with Gasteiger partial charge in [-0.1, -0.05) is 0 Å². The molecule has 0 aliphatic carbocycles. The van der Waals surface area contributed by atoms with Crippen LogP contribution in [0.15, 0.2) is 27.8 Å². The third-order valence-corrected chi connectivity index (χ3v) is 3.71. The second kappa shape index (κ2) is 11.9. The summed E-state index contributed by atoms with van der Waals surface area (Å²) in [6, 6.07) is 3.79. The van der Waals surface area contributed by atoms with Gasteiger partial charge >= 0.3 is 0 Å². The Bertz CT molecular complexity index is 445. The predicted molar refractivity (Wildman–Crippen MR) is 94.2 cm³/mol. The maximum absolute atomic E-state index is 5.56. The molecular formula is C17H30N4O3. The molecule has 0 radical (unpaired) electrons. The molecule has 0 atom stereocenters. The van der Waals surface area contributed by atoms with Crippen molar-refractivity contribution in [3.63, 3.8) is 0 Å². The van der Waals surface area contributed by atoms with Crippen LogP contribution in [0, 0.1) is 0 Å². The van der Waals surface area contributed by atoms with Crippen LogP contribution in [0.4, 0.5) is 0 Å². The molecular weight excluding hydrogens is 308 g/mol. The first-order valence-corrected chi connectivity index (χ1v) is 8.81. The molecule has 7 nitrogen and oxygen atoms in total. The molecule has 2 heterocycles. The van der Waals surface area contributed by atoms with Crippen LogP contribution in [0.5, 0.6) is 0 Å². The van der Waals surface area contributed by atoms with Crippen molar-refractivity contribution in [2.24, 2.45) is 4.99 Å². The van der Waals surface area contributed by atoms with Gasteiger partial charge in [-0.05, 0) is 25.5 Å². The summed E-state index contributed by atoms with van der Waals surface area (Å²) in [4.78, 5) is 6.98. The van der Waals surface area contributed by atoms with Gasteiger partial charge in [0.15, 0.2) is 5.96 Å². The largest absolute Gasteiger partial charge is 0.467 e. The summed E-state index contributed by atoms with van der Waals surface area (Å²) in [6.45, 7) is 10.5. The molecule has 0 saturated carbocycles. The Balaban J connectivity index is 1.55. The van der Waals surface area contributed by atoms with Crippen LogP contribution in [-0.4, -0.2) is 69.9 Å². The van der Waals surface area contributed by atoms with E-state index in [0.29, 0.717) is 13.2 Å². The Kier molecular flexibility index (Phi) is 9.29. The lowest BCUT2D eigenvalue weighted by Crippen LogP contribution is -2.44. The number of ether oxygens (including phenoxy) is 2. The molecule has 2 rings (SSSR count). The van der Waals surface area contributed by atoms with Gasteiger partial charge in [-0.25, -0.2) is 0 Å². The van der Waals surface area contributed by atoms with Crippen molar-refractivity contribution in [2.45, 2.75) is 20.0 Å². The van der Waals surface area contributed by atoms with Gasteiger partial charge in [0, 0.05) is 45.9 Å². The SMILES string of the molecule is CCNC(=NCCCOCc1ccco1)NCCN1CCOCC1. The number of hydrogen-bond donors (Lipinski definition) is 2. The zero-order valence-corrected chi connectivity index (χ0v) is 14.6. The molecule has 1 aromatic heterocycles. The van der Waals surface area contributed by atoms with Crippen molar-refractivity contribution >= 4 is 5.96 Å². The van der Waals surface area contributed by atoms with Crippen LogP contribution in [0.3, 0.4) is 0 Å². The highest BCUT2D eigenvalue weighted by Crippen LogP contribution is 2.01. The van der Waals surface area contributed by atoms with E-state index < -0.39 is 0 Å². The van der Waals surface area contributed by atoms with Gasteiger partial charge in [-0.3, -0.25) is 9.89 Å². The summed E-state index contributed by atoms with van der Waals surface area (Å²) in [5.41, 5.74) is 0. The normalized spacial score (nSPS) is 16.3. The standard InChI is InChI=1S/C17H30N4O3/c1-2-18-17(20-7-8-21-9-13-22-14-10-21)19-6-4-11-23-15-16-5-3-12-24-16/h3,5,12H,2,4,6-11,13-15H2,1H3,(H2,18,19,20). The van der Waals surface area contributed by atoms with Gasteiger partial charge < -0.3 is 24.5 Å². The maximum Gasteiger partial charge on any atom is 0.191 e. The van der Waals surface area contributed by atoms with Crippen LogP contribution in [0.2, 0.25) is 0 Å². The smallest absolute Gasteiger partial charge is 0.191 e. The molecule has 0 aromatic carbocycles. The summed E-state index contributed by atoms with van der Waals surface area (Å²) >= 11 is 0. The fourth-order valence-corrected chi connectivity index (χ4v) is 2.42. The van der Waals surface area contributed by atoms with E-state index in [4.69, 9.17) is 13.9 Å². The minimum absolute atomic E-state index is 0.522. The number of rotatable bonds is 10. The number of guanidine groups is 1. The first-order chi connectivity index (χ1) is 11.9. The molecule has 1 fully saturated rings. The summed E-state index contributed by atoms with van der Waals surface area (Å²) in [5, 5.41) is 6.66. The summed E-state index contributed by atoms with van der Waals surface area (Å²) in [7, 11) is 0. The molecule has 24 heavy (non-hydrogen) atoms. The van der Waals surface area contributed by atoms with E-state index in [2.05, 4.69) is 27.4 Å². The van der Waals surface area contributed by atoms with Gasteiger partial charge in [0.05, 0.1) is 19.5 Å². The molecule has 7 heteroatoms. The highest BCUT2D eigenvalue weighted by Gasteiger charge is 2.09. The molecule has 0 amide bonds. The van der Waals surface area contributed by atoms with Crippen molar-refractivity contribution in [3.05, 3.63) is 24.2 Å². The number of nitrogens with zero attached hydrogens (tertiary/aromatic N) is 2. The van der Waals surface area contributed by atoms with E-state index in [-0.39, 0.29) is 0 Å². The summed E-state index contributed by atoms with van der Waals surface area (Å²) in [6.07, 6.45) is 2.55. The van der Waals surface area contributed by atoms with Gasteiger partial charge in [-0.15, -0.1) is 0 Å². The zero-order valence-electron chi connectivity index (χ0n) is 14.6. The maximum atomic E-state index is 5.56. The average molecular weight is 338 g/mol. The minimum Gasteiger partial charge on any atom is -0.467 e. The molecule has 1 aliphatic rings. The fourth-order valence-electron chi connectivity index (χ4n) is 2.42. The first kappa shape index (κ1) is 18.8. The Labute approximate surface area is 144 Å². The van der Waals surface area contributed by atoms with Crippen molar-refractivity contribution in [3.8, 4) is 0 Å². The molecule has 2 N–H and O–H groups in total. The Hall–Kier alpha value is -1.57. The molecule has 1 aromatic rings. The van der Waals surface area contributed by atoms with Crippen molar-refractivity contribution in [1.82, 2.24) is 15.5 Å². The van der Waals surface area contributed by atoms with E-state index in [0.717, 1.165) is 70.6 Å². The van der Waals surface area contributed by atoms with Crippen LogP contribution < -0.4 is 10.6 Å². The molecule has 136 valence electrons. The Morgan fingerprint density at radius 2 is 2.21 bits per heavy atom. The third kappa shape index (κ3) is 7.81. The third-order valence-electron chi connectivity index (χ3n) is 3.71. The van der Waals surface area contributed by atoms with E-state index in [1.807, 2.05) is 12.1 Å². The average Bonchev–Trinajstić information content (AvgIpc) is 3.12. The number of aliphatic imine (C=N–C) groups is 1.